The fourth-order valence-corrected chi connectivity index (χ4v) is 4.72. The van der Waals surface area contributed by atoms with Gasteiger partial charge in [0, 0.05) is 37.2 Å². The maximum Gasteiger partial charge on any atom is 0.311 e. The molecule has 0 unspecified atom stereocenters. The largest absolute Gasteiger partial charge is 0.345 e. The van der Waals surface area contributed by atoms with Gasteiger partial charge in [-0.15, -0.1) is 0 Å². The maximum atomic E-state index is 12.7. The first-order valence-corrected chi connectivity index (χ1v) is 10.0. The number of piperazine rings is 1. The van der Waals surface area contributed by atoms with Crippen LogP contribution < -0.4 is 5.32 Å². The summed E-state index contributed by atoms with van der Waals surface area (Å²) >= 11 is 11.9. The van der Waals surface area contributed by atoms with Gasteiger partial charge in [-0.1, -0.05) is 23.2 Å². The smallest absolute Gasteiger partial charge is 0.311 e. The third kappa shape index (κ3) is 4.08. The molecule has 0 bridgehead atoms. The predicted molar refractivity (Wildman–Crippen MR) is 93.0 cm³/mol. The topological polar surface area (TPSA) is 86.8 Å². The van der Waals surface area contributed by atoms with Crippen LogP contribution in [0.5, 0.6) is 0 Å². The van der Waals surface area contributed by atoms with Crippen LogP contribution in [-0.4, -0.2) is 61.7 Å². The van der Waals surface area contributed by atoms with E-state index < -0.39 is 21.8 Å². The Morgan fingerprint density at radius 3 is 2.32 bits per heavy atom. The number of carbonyl (C=O) groups is 2. The Kier molecular flexibility index (Phi) is 5.24. The minimum Gasteiger partial charge on any atom is -0.345 e. The molecule has 0 spiro atoms. The third-order valence-corrected chi connectivity index (χ3v) is 6.76. The van der Waals surface area contributed by atoms with Crippen molar-refractivity contribution in [1.29, 1.82) is 0 Å². The van der Waals surface area contributed by atoms with E-state index in [1.165, 1.54) is 27.4 Å². The lowest BCUT2D eigenvalue weighted by atomic mass is 10.3. The van der Waals surface area contributed by atoms with Crippen molar-refractivity contribution < 1.29 is 18.0 Å². The number of rotatable bonds is 3. The molecule has 1 aliphatic heterocycles. The van der Waals surface area contributed by atoms with Crippen molar-refractivity contribution in [2.45, 2.75) is 23.8 Å². The van der Waals surface area contributed by atoms with Gasteiger partial charge in [0.05, 0.1) is 5.02 Å². The van der Waals surface area contributed by atoms with Crippen LogP contribution in [0.4, 0.5) is 0 Å². The molecule has 0 aromatic heterocycles. The second kappa shape index (κ2) is 7.11. The van der Waals surface area contributed by atoms with Gasteiger partial charge in [-0.05, 0) is 31.0 Å². The molecule has 1 aromatic carbocycles. The van der Waals surface area contributed by atoms with Crippen LogP contribution in [0.15, 0.2) is 23.1 Å². The minimum absolute atomic E-state index is 0.0621. The highest BCUT2D eigenvalue weighted by Crippen LogP contribution is 2.28. The van der Waals surface area contributed by atoms with Crippen LogP contribution in [0.1, 0.15) is 12.8 Å². The summed E-state index contributed by atoms with van der Waals surface area (Å²) < 4.78 is 26.7. The summed E-state index contributed by atoms with van der Waals surface area (Å²) in [4.78, 5) is 25.2. The Morgan fingerprint density at radius 1 is 1.08 bits per heavy atom. The Hall–Kier alpha value is -1.35. The minimum atomic E-state index is -3.82. The molecule has 0 radical (unpaired) electrons. The monoisotopic (exact) mass is 405 g/mol. The summed E-state index contributed by atoms with van der Waals surface area (Å²) in [5, 5.41) is 3.00. The van der Waals surface area contributed by atoms with Crippen LogP contribution in [0.2, 0.25) is 10.0 Å². The molecular weight excluding hydrogens is 389 g/mol. The molecule has 1 heterocycles. The van der Waals surface area contributed by atoms with Crippen molar-refractivity contribution >= 4 is 45.0 Å². The number of carbonyl (C=O) groups excluding carboxylic acids is 2. The lowest BCUT2D eigenvalue weighted by molar-refractivity contribution is -0.146. The van der Waals surface area contributed by atoms with Crippen molar-refractivity contribution in [3.05, 3.63) is 28.2 Å². The van der Waals surface area contributed by atoms with E-state index in [0.717, 1.165) is 12.8 Å². The molecule has 2 aliphatic rings. The normalized spacial score (nSPS) is 18.9. The van der Waals surface area contributed by atoms with E-state index in [4.69, 9.17) is 23.2 Å². The summed E-state index contributed by atoms with van der Waals surface area (Å²) in [6.45, 7) is 0.476. The second-order valence-corrected chi connectivity index (χ2v) is 8.77. The lowest BCUT2D eigenvalue weighted by Gasteiger charge is -2.33. The highest BCUT2D eigenvalue weighted by atomic mass is 35.5. The Morgan fingerprint density at radius 2 is 1.72 bits per heavy atom. The van der Waals surface area contributed by atoms with Gasteiger partial charge in [-0.25, -0.2) is 8.42 Å². The molecule has 0 atom stereocenters. The van der Waals surface area contributed by atoms with Crippen LogP contribution in [0.3, 0.4) is 0 Å². The molecule has 2 amide bonds. The lowest BCUT2D eigenvalue weighted by Crippen LogP contribution is -2.54. The summed E-state index contributed by atoms with van der Waals surface area (Å²) in [5.41, 5.74) is 0. The van der Waals surface area contributed by atoms with Gasteiger partial charge >= 0.3 is 11.8 Å². The fourth-order valence-electron chi connectivity index (χ4n) is 2.56. The van der Waals surface area contributed by atoms with Gasteiger partial charge in [-0.3, -0.25) is 9.59 Å². The molecule has 1 aromatic rings. The zero-order valence-electron chi connectivity index (χ0n) is 13.2. The van der Waals surface area contributed by atoms with Crippen molar-refractivity contribution in [3.63, 3.8) is 0 Å². The van der Waals surface area contributed by atoms with Crippen molar-refractivity contribution in [2.24, 2.45) is 0 Å². The number of nitrogens with one attached hydrogen (secondary N) is 1. The SMILES string of the molecule is O=C(NC1CC1)C(=O)N1CCN(S(=O)(=O)c2cc(Cl)ccc2Cl)CC1. The molecule has 1 aliphatic carbocycles. The van der Waals surface area contributed by atoms with Gasteiger partial charge in [-0.2, -0.15) is 4.31 Å². The number of halogens is 2. The molecule has 136 valence electrons. The predicted octanol–water partition coefficient (Wildman–Crippen LogP) is 1.10. The third-order valence-electron chi connectivity index (χ3n) is 4.14. The molecular formula is C15H17Cl2N3O4S. The van der Waals surface area contributed by atoms with Crippen molar-refractivity contribution in [2.75, 3.05) is 26.2 Å². The van der Waals surface area contributed by atoms with E-state index in [1.807, 2.05) is 0 Å². The van der Waals surface area contributed by atoms with Gasteiger partial charge in [0.1, 0.15) is 4.90 Å². The molecule has 1 saturated heterocycles. The number of amides is 2. The first-order chi connectivity index (χ1) is 11.8. The molecule has 3 rings (SSSR count). The van der Waals surface area contributed by atoms with Crippen LogP contribution in [0, 0.1) is 0 Å². The van der Waals surface area contributed by atoms with Crippen LogP contribution in [0.25, 0.3) is 0 Å². The Balaban J connectivity index is 1.65. The first kappa shape index (κ1) is 18.4. The van der Waals surface area contributed by atoms with E-state index in [9.17, 15) is 18.0 Å². The summed E-state index contributed by atoms with van der Waals surface area (Å²) in [6.07, 6.45) is 1.79. The molecule has 10 heteroatoms. The first-order valence-electron chi connectivity index (χ1n) is 7.84. The highest BCUT2D eigenvalue weighted by Gasteiger charge is 2.34. The zero-order valence-corrected chi connectivity index (χ0v) is 15.6. The Labute approximate surface area is 155 Å². The number of hydrogen-bond donors (Lipinski definition) is 1. The number of hydrogen-bond acceptors (Lipinski definition) is 4. The molecule has 1 N–H and O–H groups in total. The molecule has 7 nitrogen and oxygen atoms in total. The van der Waals surface area contributed by atoms with Crippen molar-refractivity contribution in [1.82, 2.24) is 14.5 Å². The van der Waals surface area contributed by atoms with Gasteiger partial charge < -0.3 is 10.2 Å². The second-order valence-electron chi connectivity index (χ2n) is 6.02. The summed E-state index contributed by atoms with van der Waals surface area (Å²) in [5.74, 6) is -1.25. The average Bonchev–Trinajstić information content (AvgIpc) is 3.40. The summed E-state index contributed by atoms with van der Waals surface area (Å²) in [7, 11) is -3.82. The number of nitrogens with zero attached hydrogens (tertiary/aromatic N) is 2. The number of benzene rings is 1. The van der Waals surface area contributed by atoms with E-state index in [2.05, 4.69) is 5.32 Å². The fraction of sp³-hybridized carbons (Fsp3) is 0.467. The highest BCUT2D eigenvalue weighted by molar-refractivity contribution is 7.89. The van der Waals surface area contributed by atoms with Crippen molar-refractivity contribution in [3.8, 4) is 0 Å². The Bertz CT molecular complexity index is 803. The van der Waals surface area contributed by atoms with E-state index in [0.29, 0.717) is 0 Å². The zero-order chi connectivity index (χ0) is 18.2. The standard InChI is InChI=1S/C15H17Cl2N3O4S/c16-10-1-4-12(17)13(9-10)25(23,24)20-7-5-19(6-8-20)15(22)14(21)18-11-2-3-11/h1,4,9,11H,2-3,5-8H2,(H,18,21). The van der Waals surface area contributed by atoms with Gasteiger partial charge in [0.15, 0.2) is 0 Å². The quantitative estimate of drug-likeness (QED) is 0.762. The summed E-state index contributed by atoms with van der Waals surface area (Å²) in [6, 6.07) is 4.35. The van der Waals surface area contributed by atoms with E-state index in [-0.39, 0.29) is 47.2 Å². The maximum absolute atomic E-state index is 12.7. The van der Waals surface area contributed by atoms with Gasteiger partial charge in [0.2, 0.25) is 10.0 Å². The van der Waals surface area contributed by atoms with Crippen LogP contribution in [-0.2, 0) is 19.6 Å². The molecule has 1 saturated carbocycles. The van der Waals surface area contributed by atoms with E-state index >= 15 is 0 Å². The van der Waals surface area contributed by atoms with Crippen LogP contribution >= 0.6 is 23.2 Å². The molecule has 25 heavy (non-hydrogen) atoms. The van der Waals surface area contributed by atoms with Gasteiger partial charge in [0.25, 0.3) is 0 Å². The molecule has 2 fully saturated rings. The van der Waals surface area contributed by atoms with E-state index in [1.54, 1.807) is 0 Å². The average molecular weight is 406 g/mol. The number of sulfonamides is 1.